The highest BCUT2D eigenvalue weighted by molar-refractivity contribution is 5.76. The summed E-state index contributed by atoms with van der Waals surface area (Å²) in [4.78, 5) is 34.9. The lowest BCUT2D eigenvalue weighted by atomic mass is 10.1. The summed E-state index contributed by atoms with van der Waals surface area (Å²) in [7, 11) is 0. The largest absolute Gasteiger partial charge is 0.450 e. The predicted molar refractivity (Wildman–Crippen MR) is 109 cm³/mol. The first kappa shape index (κ1) is 20.3. The molecule has 0 bridgehead atoms. The number of rotatable bonds is 5. The molecule has 1 amide bonds. The molecular formula is C19H24N6O4. The number of carbonyl (C=O) groups is 1. The zero-order valence-corrected chi connectivity index (χ0v) is 16.7. The van der Waals surface area contributed by atoms with Crippen LogP contribution >= 0.6 is 0 Å². The highest BCUT2D eigenvalue weighted by Crippen LogP contribution is 2.34. The molecule has 2 heterocycles. The van der Waals surface area contributed by atoms with Crippen molar-refractivity contribution in [3.63, 3.8) is 0 Å². The van der Waals surface area contributed by atoms with Crippen LogP contribution in [0.5, 0.6) is 0 Å². The summed E-state index contributed by atoms with van der Waals surface area (Å²) >= 11 is 0. The molecule has 1 saturated heterocycles. The zero-order chi connectivity index (χ0) is 21.0. The number of amides is 1. The van der Waals surface area contributed by atoms with Crippen molar-refractivity contribution in [2.24, 2.45) is 0 Å². The first-order valence-corrected chi connectivity index (χ1v) is 9.41. The number of carbonyl (C=O) groups excluding carboxylic acids is 1. The predicted octanol–water partition coefficient (Wildman–Crippen LogP) is 3.02. The van der Waals surface area contributed by atoms with Crippen molar-refractivity contribution in [2.75, 3.05) is 43.0 Å². The van der Waals surface area contributed by atoms with E-state index in [1.165, 1.54) is 6.33 Å². The van der Waals surface area contributed by atoms with Crippen LogP contribution in [0.2, 0.25) is 0 Å². The monoisotopic (exact) mass is 400 g/mol. The summed E-state index contributed by atoms with van der Waals surface area (Å²) in [6, 6.07) is 5.84. The maximum atomic E-state index is 11.9. The van der Waals surface area contributed by atoms with Crippen LogP contribution in [0.15, 0.2) is 24.5 Å². The van der Waals surface area contributed by atoms with Gasteiger partial charge in [0.1, 0.15) is 6.33 Å². The van der Waals surface area contributed by atoms with Crippen molar-refractivity contribution in [1.82, 2.24) is 14.9 Å². The third kappa shape index (κ3) is 4.53. The third-order valence-corrected chi connectivity index (χ3v) is 4.74. The van der Waals surface area contributed by atoms with Crippen LogP contribution < -0.4 is 10.2 Å². The fourth-order valence-corrected chi connectivity index (χ4v) is 3.17. The Labute approximate surface area is 168 Å². The van der Waals surface area contributed by atoms with E-state index < -0.39 is 4.92 Å². The molecule has 2 aromatic rings. The van der Waals surface area contributed by atoms with Crippen molar-refractivity contribution in [2.45, 2.75) is 20.8 Å². The number of piperazine rings is 1. The van der Waals surface area contributed by atoms with Crippen molar-refractivity contribution in [3.05, 3.63) is 45.8 Å². The number of benzene rings is 1. The normalized spacial score (nSPS) is 13.9. The molecule has 0 unspecified atom stereocenters. The summed E-state index contributed by atoms with van der Waals surface area (Å²) in [5.41, 5.74) is 2.56. The molecule has 0 radical (unpaired) electrons. The fourth-order valence-electron chi connectivity index (χ4n) is 3.17. The van der Waals surface area contributed by atoms with Crippen molar-refractivity contribution in [1.29, 1.82) is 0 Å². The van der Waals surface area contributed by atoms with E-state index in [1.54, 1.807) is 16.7 Å². The van der Waals surface area contributed by atoms with Gasteiger partial charge in [-0.15, -0.1) is 0 Å². The minimum Gasteiger partial charge on any atom is -0.450 e. The number of hydrogen-bond acceptors (Lipinski definition) is 8. The summed E-state index contributed by atoms with van der Waals surface area (Å²) < 4.78 is 5.02. The Balaban J connectivity index is 1.85. The number of anilines is 3. The number of aryl methyl sites for hydroxylation is 2. The van der Waals surface area contributed by atoms with Crippen molar-refractivity contribution >= 4 is 29.1 Å². The molecule has 10 heteroatoms. The number of aromatic nitrogens is 2. The van der Waals surface area contributed by atoms with Gasteiger partial charge < -0.3 is 19.9 Å². The topological polar surface area (TPSA) is 114 Å². The summed E-state index contributed by atoms with van der Waals surface area (Å²) in [5.74, 6) is 0.378. The molecule has 29 heavy (non-hydrogen) atoms. The average molecular weight is 400 g/mol. The maximum Gasteiger partial charge on any atom is 0.409 e. The lowest BCUT2D eigenvalue weighted by Gasteiger charge is -2.34. The number of ether oxygens (including phenoxy) is 1. The van der Waals surface area contributed by atoms with E-state index in [1.807, 2.05) is 32.0 Å². The lowest BCUT2D eigenvalue weighted by Crippen LogP contribution is -2.49. The standard InChI is InChI=1S/C19H24N6O4/c1-4-29-19(26)24-9-7-23(8-10-24)18-16(25(27)28)17(20-12-21-18)22-15-11-13(2)5-6-14(15)3/h5-6,11-12H,4,7-10H2,1-3H3,(H,20,21,22). The third-order valence-electron chi connectivity index (χ3n) is 4.74. The molecule has 1 aromatic carbocycles. The molecule has 1 N–H and O–H groups in total. The molecule has 1 aliphatic rings. The highest BCUT2D eigenvalue weighted by atomic mass is 16.6. The van der Waals surface area contributed by atoms with Crippen LogP contribution in [0.1, 0.15) is 18.1 Å². The summed E-state index contributed by atoms with van der Waals surface area (Å²) in [6.45, 7) is 7.57. The Morgan fingerprint density at radius 3 is 2.62 bits per heavy atom. The van der Waals surface area contributed by atoms with E-state index in [0.29, 0.717) is 32.8 Å². The minimum atomic E-state index is -0.472. The molecule has 0 saturated carbocycles. The first-order chi connectivity index (χ1) is 13.9. The van der Waals surface area contributed by atoms with Gasteiger partial charge in [0.15, 0.2) is 0 Å². The van der Waals surface area contributed by atoms with Gasteiger partial charge in [0.05, 0.1) is 11.5 Å². The quantitative estimate of drug-likeness (QED) is 0.602. The molecule has 0 atom stereocenters. The van der Waals surface area contributed by atoms with Gasteiger partial charge in [-0.3, -0.25) is 10.1 Å². The van der Waals surface area contributed by atoms with Gasteiger partial charge in [-0.25, -0.2) is 14.8 Å². The van der Waals surface area contributed by atoms with Crippen LogP contribution in [0.25, 0.3) is 0 Å². The number of nitrogens with zero attached hydrogens (tertiary/aromatic N) is 5. The SMILES string of the molecule is CCOC(=O)N1CCN(c2ncnc(Nc3cc(C)ccc3C)c2[N+](=O)[O-])CC1. The lowest BCUT2D eigenvalue weighted by molar-refractivity contribution is -0.383. The molecular weight excluding hydrogens is 376 g/mol. The summed E-state index contributed by atoms with van der Waals surface area (Å²) in [6.07, 6.45) is 0.940. The Hall–Kier alpha value is -3.43. The van der Waals surface area contributed by atoms with Gasteiger partial charge in [0.25, 0.3) is 0 Å². The van der Waals surface area contributed by atoms with Crippen LogP contribution in [0.4, 0.5) is 27.8 Å². The molecule has 0 aliphatic carbocycles. The average Bonchev–Trinajstić information content (AvgIpc) is 2.70. The van der Waals surface area contributed by atoms with Crippen LogP contribution in [-0.2, 0) is 4.74 Å². The van der Waals surface area contributed by atoms with Crippen molar-refractivity contribution in [3.8, 4) is 0 Å². The van der Waals surface area contributed by atoms with Gasteiger partial charge in [-0.2, -0.15) is 0 Å². The molecule has 1 aromatic heterocycles. The van der Waals surface area contributed by atoms with E-state index >= 15 is 0 Å². The second-order valence-electron chi connectivity index (χ2n) is 6.77. The smallest absolute Gasteiger partial charge is 0.409 e. The Kier molecular flexibility index (Phi) is 6.10. The molecule has 154 valence electrons. The van der Waals surface area contributed by atoms with Gasteiger partial charge in [-0.05, 0) is 38.0 Å². The van der Waals surface area contributed by atoms with E-state index in [9.17, 15) is 14.9 Å². The van der Waals surface area contributed by atoms with Gasteiger partial charge in [0.2, 0.25) is 11.6 Å². The number of hydrogen-bond donors (Lipinski definition) is 1. The highest BCUT2D eigenvalue weighted by Gasteiger charge is 2.30. The van der Waals surface area contributed by atoms with Gasteiger partial charge in [-0.1, -0.05) is 12.1 Å². The molecule has 3 rings (SSSR count). The van der Waals surface area contributed by atoms with E-state index in [2.05, 4.69) is 15.3 Å². The summed E-state index contributed by atoms with van der Waals surface area (Å²) in [5, 5.41) is 14.9. The van der Waals surface area contributed by atoms with Gasteiger partial charge >= 0.3 is 11.8 Å². The Bertz CT molecular complexity index is 912. The molecule has 1 fully saturated rings. The van der Waals surface area contributed by atoms with E-state index in [0.717, 1.165) is 16.8 Å². The Morgan fingerprint density at radius 1 is 1.24 bits per heavy atom. The Morgan fingerprint density at radius 2 is 1.97 bits per heavy atom. The van der Waals surface area contributed by atoms with Crippen molar-refractivity contribution < 1.29 is 14.5 Å². The zero-order valence-electron chi connectivity index (χ0n) is 16.7. The maximum absolute atomic E-state index is 11.9. The van der Waals surface area contributed by atoms with Crippen LogP contribution in [0, 0.1) is 24.0 Å². The van der Waals surface area contributed by atoms with Gasteiger partial charge in [0, 0.05) is 31.9 Å². The molecule has 0 spiro atoms. The van der Waals surface area contributed by atoms with E-state index in [-0.39, 0.29) is 23.4 Å². The van der Waals surface area contributed by atoms with E-state index in [4.69, 9.17) is 4.74 Å². The number of nitro groups is 1. The second kappa shape index (κ2) is 8.72. The second-order valence-corrected chi connectivity index (χ2v) is 6.77. The first-order valence-electron chi connectivity index (χ1n) is 9.41. The molecule has 10 nitrogen and oxygen atoms in total. The van der Waals surface area contributed by atoms with Crippen LogP contribution in [-0.4, -0.2) is 58.7 Å². The fraction of sp³-hybridized carbons (Fsp3) is 0.421. The number of nitrogens with one attached hydrogen (secondary N) is 1. The minimum absolute atomic E-state index is 0.140. The van der Waals surface area contributed by atoms with Crippen LogP contribution in [0.3, 0.4) is 0 Å². The molecule has 1 aliphatic heterocycles.